The maximum absolute atomic E-state index is 13.9. The molecule has 0 spiro atoms. The van der Waals surface area contributed by atoms with Gasteiger partial charge in [0.05, 0.1) is 5.02 Å². The zero-order chi connectivity index (χ0) is 13.3. The second kappa shape index (κ2) is 5.25. The number of hydrogen-bond acceptors (Lipinski definition) is 0. The average molecular weight is 287 g/mol. The largest absolute Gasteiger partial charge is 0.207 e. The first-order valence-electron chi connectivity index (χ1n) is 5.39. The zero-order valence-corrected chi connectivity index (χ0v) is 11.1. The van der Waals surface area contributed by atoms with Gasteiger partial charge in [0, 0.05) is 10.9 Å². The molecule has 0 saturated carbocycles. The van der Waals surface area contributed by atoms with Crippen LogP contribution in [0.25, 0.3) is 0 Å². The van der Waals surface area contributed by atoms with E-state index in [0.29, 0.717) is 16.1 Å². The number of hydrogen-bond donors (Lipinski definition) is 0. The molecule has 18 heavy (non-hydrogen) atoms. The lowest BCUT2D eigenvalue weighted by atomic mass is 9.92. The summed E-state index contributed by atoms with van der Waals surface area (Å²) < 4.78 is 27.6. The highest BCUT2D eigenvalue weighted by Gasteiger charge is 2.18. The summed E-state index contributed by atoms with van der Waals surface area (Å²) in [7, 11) is 0. The Balaban J connectivity index is 2.48. The first-order valence-corrected chi connectivity index (χ1v) is 6.15. The van der Waals surface area contributed by atoms with Gasteiger partial charge in [0.1, 0.15) is 11.6 Å². The molecule has 2 rings (SSSR count). The Morgan fingerprint density at radius 2 is 1.72 bits per heavy atom. The van der Waals surface area contributed by atoms with E-state index in [4.69, 9.17) is 23.2 Å². The normalized spacial score (nSPS) is 12.5. The Bertz CT molecular complexity index is 582. The molecule has 0 heterocycles. The molecule has 94 valence electrons. The van der Waals surface area contributed by atoms with Gasteiger partial charge < -0.3 is 0 Å². The molecule has 0 aromatic heterocycles. The average Bonchev–Trinajstić information content (AvgIpc) is 2.32. The van der Waals surface area contributed by atoms with Crippen LogP contribution in [0.4, 0.5) is 8.78 Å². The van der Waals surface area contributed by atoms with Gasteiger partial charge in [-0.3, -0.25) is 0 Å². The van der Waals surface area contributed by atoms with Gasteiger partial charge in [0.2, 0.25) is 0 Å². The van der Waals surface area contributed by atoms with Crippen molar-refractivity contribution in [2.24, 2.45) is 0 Å². The van der Waals surface area contributed by atoms with Crippen molar-refractivity contribution in [3.63, 3.8) is 0 Å². The van der Waals surface area contributed by atoms with Gasteiger partial charge >= 0.3 is 0 Å². The van der Waals surface area contributed by atoms with Crippen LogP contribution in [0.15, 0.2) is 36.4 Å². The van der Waals surface area contributed by atoms with Crippen molar-refractivity contribution in [2.75, 3.05) is 0 Å². The Hall–Kier alpha value is -1.12. The minimum absolute atomic E-state index is 0.0359. The Morgan fingerprint density at radius 3 is 2.39 bits per heavy atom. The minimum Gasteiger partial charge on any atom is -0.207 e. The van der Waals surface area contributed by atoms with Crippen LogP contribution in [0.5, 0.6) is 0 Å². The van der Waals surface area contributed by atoms with E-state index in [2.05, 4.69) is 0 Å². The lowest BCUT2D eigenvalue weighted by Gasteiger charge is -2.15. The van der Waals surface area contributed by atoms with Gasteiger partial charge in [0.25, 0.3) is 0 Å². The molecule has 0 bridgehead atoms. The van der Waals surface area contributed by atoms with Crippen molar-refractivity contribution in [2.45, 2.75) is 12.8 Å². The van der Waals surface area contributed by atoms with Crippen molar-refractivity contribution in [3.05, 3.63) is 69.2 Å². The smallest absolute Gasteiger partial charge is 0.145 e. The fourth-order valence-electron chi connectivity index (χ4n) is 1.88. The van der Waals surface area contributed by atoms with Gasteiger partial charge in [-0.15, -0.1) is 0 Å². The summed E-state index contributed by atoms with van der Waals surface area (Å²) in [5, 5.41) is 0.351. The van der Waals surface area contributed by atoms with Crippen LogP contribution in [0.1, 0.15) is 24.0 Å². The molecule has 1 unspecified atom stereocenters. The lowest BCUT2D eigenvalue weighted by Crippen LogP contribution is -2.02. The molecule has 1 atom stereocenters. The predicted octanol–water partition coefficient (Wildman–Crippen LogP) is 5.42. The third-order valence-electron chi connectivity index (χ3n) is 2.88. The van der Waals surface area contributed by atoms with Crippen LogP contribution in [-0.4, -0.2) is 0 Å². The van der Waals surface area contributed by atoms with E-state index in [0.717, 1.165) is 0 Å². The van der Waals surface area contributed by atoms with E-state index in [-0.39, 0.29) is 5.02 Å². The second-order valence-corrected chi connectivity index (χ2v) is 4.87. The Kier molecular flexibility index (Phi) is 3.88. The third kappa shape index (κ3) is 2.50. The fraction of sp³-hybridized carbons (Fsp3) is 0.143. The van der Waals surface area contributed by atoms with Crippen molar-refractivity contribution in [1.82, 2.24) is 0 Å². The SMILES string of the molecule is CC(c1ccc(Cl)cc1F)c1cccc(Cl)c1F. The second-order valence-electron chi connectivity index (χ2n) is 4.03. The quantitative estimate of drug-likeness (QED) is 0.691. The first-order chi connectivity index (χ1) is 8.50. The van der Waals surface area contributed by atoms with Gasteiger partial charge in [-0.05, 0) is 29.3 Å². The third-order valence-corrected chi connectivity index (χ3v) is 3.40. The summed E-state index contributed by atoms with van der Waals surface area (Å²) >= 11 is 11.4. The lowest BCUT2D eigenvalue weighted by molar-refractivity contribution is 0.581. The van der Waals surface area contributed by atoms with E-state index in [1.165, 1.54) is 12.1 Å². The highest BCUT2D eigenvalue weighted by Crippen LogP contribution is 2.31. The zero-order valence-electron chi connectivity index (χ0n) is 9.55. The summed E-state index contributed by atoms with van der Waals surface area (Å²) in [4.78, 5) is 0. The summed E-state index contributed by atoms with van der Waals surface area (Å²) in [5.41, 5.74) is 0.754. The van der Waals surface area contributed by atoms with E-state index >= 15 is 0 Å². The first kappa shape index (κ1) is 13.3. The number of halogens is 4. The number of rotatable bonds is 2. The Labute approximate surface area is 114 Å². The van der Waals surface area contributed by atoms with Crippen molar-refractivity contribution in [1.29, 1.82) is 0 Å². The van der Waals surface area contributed by atoms with E-state index in [1.807, 2.05) is 0 Å². The van der Waals surface area contributed by atoms with Crippen molar-refractivity contribution < 1.29 is 8.78 Å². The standard InChI is InChI=1S/C14H10Cl2F2/c1-8(10-6-5-9(15)7-13(10)17)11-3-2-4-12(16)14(11)18/h2-8H,1H3. The molecule has 0 amide bonds. The highest BCUT2D eigenvalue weighted by molar-refractivity contribution is 6.31. The van der Waals surface area contributed by atoms with Crippen LogP contribution in [-0.2, 0) is 0 Å². The van der Waals surface area contributed by atoms with E-state index in [9.17, 15) is 8.78 Å². The summed E-state index contributed by atoms with van der Waals surface area (Å²) in [6.07, 6.45) is 0. The van der Waals surface area contributed by atoms with Crippen LogP contribution < -0.4 is 0 Å². The molecule has 0 aliphatic carbocycles. The van der Waals surface area contributed by atoms with Gasteiger partial charge in [-0.25, -0.2) is 8.78 Å². The molecule has 4 heteroatoms. The van der Waals surface area contributed by atoms with Crippen LogP contribution in [0.2, 0.25) is 10.0 Å². The molecule has 0 nitrogen and oxygen atoms in total. The monoisotopic (exact) mass is 286 g/mol. The van der Waals surface area contributed by atoms with Gasteiger partial charge in [-0.1, -0.05) is 48.3 Å². The Morgan fingerprint density at radius 1 is 1.00 bits per heavy atom. The molecule has 0 aliphatic heterocycles. The predicted molar refractivity (Wildman–Crippen MR) is 70.3 cm³/mol. The molecular formula is C14H10Cl2F2. The molecule has 2 aromatic rings. The van der Waals surface area contributed by atoms with Crippen LogP contribution in [0.3, 0.4) is 0 Å². The maximum atomic E-state index is 13.9. The summed E-state index contributed by atoms with van der Waals surface area (Å²) in [6, 6.07) is 9.06. The number of benzene rings is 2. The van der Waals surface area contributed by atoms with E-state index in [1.54, 1.807) is 31.2 Å². The van der Waals surface area contributed by atoms with Gasteiger partial charge in [-0.2, -0.15) is 0 Å². The molecule has 0 radical (unpaired) electrons. The minimum atomic E-state index is -0.513. The molecular weight excluding hydrogens is 277 g/mol. The highest BCUT2D eigenvalue weighted by atomic mass is 35.5. The summed E-state index contributed by atoms with van der Waals surface area (Å²) in [5.74, 6) is -1.39. The summed E-state index contributed by atoms with van der Waals surface area (Å²) in [6.45, 7) is 1.72. The molecule has 0 saturated heterocycles. The van der Waals surface area contributed by atoms with Crippen LogP contribution in [0, 0.1) is 11.6 Å². The van der Waals surface area contributed by atoms with Crippen LogP contribution >= 0.6 is 23.2 Å². The van der Waals surface area contributed by atoms with E-state index < -0.39 is 17.6 Å². The van der Waals surface area contributed by atoms with Gasteiger partial charge in [0.15, 0.2) is 0 Å². The van der Waals surface area contributed by atoms with Crippen molar-refractivity contribution in [3.8, 4) is 0 Å². The molecule has 0 aliphatic rings. The maximum Gasteiger partial charge on any atom is 0.145 e. The molecule has 2 aromatic carbocycles. The molecule has 0 N–H and O–H groups in total. The fourth-order valence-corrected chi connectivity index (χ4v) is 2.22. The van der Waals surface area contributed by atoms with Crippen molar-refractivity contribution >= 4 is 23.2 Å². The topological polar surface area (TPSA) is 0 Å². The molecule has 0 fully saturated rings.